The first-order valence-electron chi connectivity index (χ1n) is 3.67. The van der Waals surface area contributed by atoms with Crippen molar-refractivity contribution in [2.24, 2.45) is 5.92 Å². The molecule has 0 aromatic rings. The fraction of sp³-hybridized carbons (Fsp3) is 0.625. The van der Waals surface area contributed by atoms with Crippen molar-refractivity contribution in [2.45, 2.75) is 0 Å². The van der Waals surface area contributed by atoms with Gasteiger partial charge in [-0.15, -0.1) is 0 Å². The highest BCUT2D eigenvalue weighted by atomic mass is 16.5. The molecular weight excluding hydrogens is 142 g/mol. The normalized spacial score (nSPS) is 25.1. The molecule has 11 heavy (non-hydrogen) atoms. The van der Waals surface area contributed by atoms with Gasteiger partial charge in [0, 0.05) is 13.1 Å². The van der Waals surface area contributed by atoms with Gasteiger partial charge < -0.3 is 9.64 Å². The van der Waals surface area contributed by atoms with E-state index in [4.69, 9.17) is 0 Å². The summed E-state index contributed by atoms with van der Waals surface area (Å²) in [6, 6.07) is 0. The van der Waals surface area contributed by atoms with Crippen LogP contribution in [0.3, 0.4) is 0 Å². The summed E-state index contributed by atoms with van der Waals surface area (Å²) < 4.78 is 4.62. The van der Waals surface area contributed by atoms with Crippen LogP contribution in [0.4, 0.5) is 0 Å². The van der Waals surface area contributed by atoms with E-state index in [9.17, 15) is 4.79 Å². The highest BCUT2D eigenvalue weighted by Gasteiger charge is 2.19. The average Bonchev–Trinajstić information content (AvgIpc) is 2.03. The van der Waals surface area contributed by atoms with Gasteiger partial charge in [-0.1, -0.05) is 12.2 Å². The van der Waals surface area contributed by atoms with Crippen LogP contribution in [0, 0.1) is 5.92 Å². The lowest BCUT2D eigenvalue weighted by molar-refractivity contribution is -0.144. The smallest absolute Gasteiger partial charge is 0.313 e. The summed E-state index contributed by atoms with van der Waals surface area (Å²) in [5.74, 6) is -0.216. The third-order valence-electron chi connectivity index (χ3n) is 1.80. The maximum atomic E-state index is 11.0. The molecule has 1 rings (SSSR count). The van der Waals surface area contributed by atoms with E-state index < -0.39 is 0 Å². The Labute approximate surface area is 66.6 Å². The Morgan fingerprint density at radius 3 is 3.00 bits per heavy atom. The zero-order valence-corrected chi connectivity index (χ0v) is 6.91. The third-order valence-corrected chi connectivity index (χ3v) is 1.80. The number of esters is 1. The summed E-state index contributed by atoms with van der Waals surface area (Å²) in [7, 11) is 3.41. The van der Waals surface area contributed by atoms with Crippen LogP contribution in [-0.2, 0) is 9.53 Å². The molecule has 1 heterocycles. The Hall–Kier alpha value is -0.830. The molecule has 1 unspecified atom stereocenters. The van der Waals surface area contributed by atoms with Crippen molar-refractivity contribution in [3.63, 3.8) is 0 Å². The topological polar surface area (TPSA) is 29.5 Å². The predicted octanol–water partition coefficient (Wildman–Crippen LogP) is 0.277. The zero-order valence-electron chi connectivity index (χ0n) is 6.91. The van der Waals surface area contributed by atoms with E-state index in [-0.39, 0.29) is 11.9 Å². The number of nitrogens with zero attached hydrogens (tertiary/aromatic N) is 1. The van der Waals surface area contributed by atoms with Gasteiger partial charge >= 0.3 is 5.97 Å². The number of methoxy groups -OCH3 is 1. The number of carbonyl (C=O) groups excluding carboxylic acids is 1. The molecule has 1 aliphatic heterocycles. The van der Waals surface area contributed by atoms with Crippen LogP contribution >= 0.6 is 0 Å². The second-order valence-electron chi connectivity index (χ2n) is 2.78. The molecule has 62 valence electrons. The maximum absolute atomic E-state index is 11.0. The van der Waals surface area contributed by atoms with E-state index in [0.717, 1.165) is 13.1 Å². The fourth-order valence-corrected chi connectivity index (χ4v) is 1.18. The van der Waals surface area contributed by atoms with Crippen LogP contribution < -0.4 is 0 Å². The molecule has 0 N–H and O–H groups in total. The summed E-state index contributed by atoms with van der Waals surface area (Å²) >= 11 is 0. The number of carbonyl (C=O) groups is 1. The summed E-state index contributed by atoms with van der Waals surface area (Å²) in [4.78, 5) is 13.1. The molecule has 0 aromatic carbocycles. The monoisotopic (exact) mass is 155 g/mol. The third kappa shape index (κ3) is 2.05. The lowest BCUT2D eigenvalue weighted by Gasteiger charge is -2.22. The van der Waals surface area contributed by atoms with E-state index in [1.165, 1.54) is 7.11 Å². The van der Waals surface area contributed by atoms with Gasteiger partial charge in [0.2, 0.25) is 0 Å². The number of hydrogen-bond donors (Lipinski definition) is 0. The first kappa shape index (κ1) is 8.27. The molecule has 0 aromatic heterocycles. The highest BCUT2D eigenvalue weighted by molar-refractivity contribution is 5.74. The minimum atomic E-state index is -0.146. The minimum Gasteiger partial charge on any atom is -0.469 e. The Morgan fingerprint density at radius 2 is 2.45 bits per heavy atom. The lowest BCUT2D eigenvalue weighted by Crippen LogP contribution is -2.33. The second kappa shape index (κ2) is 3.53. The van der Waals surface area contributed by atoms with Gasteiger partial charge in [0.05, 0.1) is 13.0 Å². The van der Waals surface area contributed by atoms with Crippen LogP contribution in [0.2, 0.25) is 0 Å². The van der Waals surface area contributed by atoms with Crippen molar-refractivity contribution in [3.8, 4) is 0 Å². The number of rotatable bonds is 1. The van der Waals surface area contributed by atoms with Gasteiger partial charge in [0.1, 0.15) is 0 Å². The van der Waals surface area contributed by atoms with Crippen molar-refractivity contribution >= 4 is 5.97 Å². The van der Waals surface area contributed by atoms with Crippen molar-refractivity contribution in [3.05, 3.63) is 12.2 Å². The van der Waals surface area contributed by atoms with E-state index in [1.54, 1.807) is 0 Å². The Balaban J connectivity index is 2.52. The summed E-state index contributed by atoms with van der Waals surface area (Å²) in [6.45, 7) is 1.69. The molecule has 0 saturated carbocycles. The predicted molar refractivity (Wildman–Crippen MR) is 42.1 cm³/mol. The quantitative estimate of drug-likeness (QED) is 0.402. The van der Waals surface area contributed by atoms with Crippen LogP contribution in [-0.4, -0.2) is 38.1 Å². The van der Waals surface area contributed by atoms with E-state index in [1.807, 2.05) is 19.2 Å². The summed E-state index contributed by atoms with van der Waals surface area (Å²) in [5.41, 5.74) is 0. The lowest BCUT2D eigenvalue weighted by atomic mass is 10.1. The molecule has 3 nitrogen and oxygen atoms in total. The molecule has 1 aliphatic rings. The standard InChI is InChI=1S/C8H13NO2/c1-9-5-3-4-7(6-9)8(10)11-2/h3-4,7H,5-6H2,1-2H3. The van der Waals surface area contributed by atoms with Crippen molar-refractivity contribution < 1.29 is 9.53 Å². The van der Waals surface area contributed by atoms with Gasteiger partial charge in [0.25, 0.3) is 0 Å². The Morgan fingerprint density at radius 1 is 1.73 bits per heavy atom. The molecule has 0 bridgehead atoms. The van der Waals surface area contributed by atoms with Gasteiger partial charge in [-0.2, -0.15) is 0 Å². The first-order chi connectivity index (χ1) is 5.24. The van der Waals surface area contributed by atoms with Crippen LogP contribution in [0.15, 0.2) is 12.2 Å². The molecular formula is C8H13NO2. The van der Waals surface area contributed by atoms with Gasteiger partial charge in [-0.05, 0) is 7.05 Å². The highest BCUT2D eigenvalue weighted by Crippen LogP contribution is 2.08. The molecule has 0 aliphatic carbocycles. The van der Waals surface area contributed by atoms with Crippen molar-refractivity contribution in [1.29, 1.82) is 0 Å². The minimum absolute atomic E-state index is 0.0706. The van der Waals surface area contributed by atoms with Gasteiger partial charge in [-0.3, -0.25) is 4.79 Å². The van der Waals surface area contributed by atoms with Gasteiger partial charge in [-0.25, -0.2) is 0 Å². The number of hydrogen-bond acceptors (Lipinski definition) is 3. The molecule has 0 saturated heterocycles. The first-order valence-corrected chi connectivity index (χ1v) is 3.67. The van der Waals surface area contributed by atoms with Crippen LogP contribution in [0.5, 0.6) is 0 Å². The Kier molecular flexibility index (Phi) is 2.65. The average molecular weight is 155 g/mol. The molecule has 1 atom stereocenters. The maximum Gasteiger partial charge on any atom is 0.313 e. The molecule has 3 heteroatoms. The molecule has 0 fully saturated rings. The SMILES string of the molecule is COC(=O)C1C=CCN(C)C1. The molecule has 0 amide bonds. The van der Waals surface area contributed by atoms with E-state index in [0.29, 0.717) is 0 Å². The van der Waals surface area contributed by atoms with Crippen molar-refractivity contribution in [2.75, 3.05) is 27.2 Å². The van der Waals surface area contributed by atoms with E-state index >= 15 is 0 Å². The van der Waals surface area contributed by atoms with Gasteiger partial charge in [0.15, 0.2) is 0 Å². The zero-order chi connectivity index (χ0) is 8.27. The summed E-state index contributed by atoms with van der Waals surface area (Å²) in [6.07, 6.45) is 3.90. The summed E-state index contributed by atoms with van der Waals surface area (Å²) in [5, 5.41) is 0. The largest absolute Gasteiger partial charge is 0.469 e. The number of ether oxygens (including phenoxy) is 1. The van der Waals surface area contributed by atoms with Crippen molar-refractivity contribution in [1.82, 2.24) is 4.90 Å². The number of likely N-dealkylation sites (N-methyl/N-ethyl adjacent to an activating group) is 1. The van der Waals surface area contributed by atoms with Crippen LogP contribution in [0.25, 0.3) is 0 Å². The van der Waals surface area contributed by atoms with Crippen LogP contribution in [0.1, 0.15) is 0 Å². The van der Waals surface area contributed by atoms with E-state index in [2.05, 4.69) is 9.64 Å². The fourth-order valence-electron chi connectivity index (χ4n) is 1.18. The molecule has 0 spiro atoms. The second-order valence-corrected chi connectivity index (χ2v) is 2.78. The Bertz CT molecular complexity index is 177. The molecule has 0 radical (unpaired) electrons.